The van der Waals surface area contributed by atoms with Crippen molar-refractivity contribution in [3.63, 3.8) is 0 Å². The monoisotopic (exact) mass is 338 g/mol. The van der Waals surface area contributed by atoms with E-state index in [9.17, 15) is 4.79 Å². The molecule has 1 amide bonds. The number of rotatable bonds is 6. The van der Waals surface area contributed by atoms with Crippen molar-refractivity contribution in [2.24, 2.45) is 5.92 Å². The smallest absolute Gasteiger partial charge is 0.223 e. The Morgan fingerprint density at radius 3 is 2.56 bits per heavy atom. The Balaban J connectivity index is 1.72. The van der Waals surface area contributed by atoms with Crippen molar-refractivity contribution < 1.29 is 9.53 Å². The van der Waals surface area contributed by atoms with Crippen LogP contribution in [-0.2, 0) is 4.79 Å². The van der Waals surface area contributed by atoms with Gasteiger partial charge in [-0.2, -0.15) is 0 Å². The van der Waals surface area contributed by atoms with Crippen LogP contribution in [0.5, 0.6) is 5.75 Å². The molecule has 0 aliphatic carbocycles. The lowest BCUT2D eigenvalue weighted by Crippen LogP contribution is -2.30. The number of methoxy groups -OCH3 is 1. The highest BCUT2D eigenvalue weighted by molar-refractivity contribution is 5.79. The number of nitrogens with zero attached hydrogens (tertiary/aromatic N) is 1. The predicted molar refractivity (Wildman–Crippen MR) is 99.5 cm³/mol. The molecular formula is C21H26N2O2. The predicted octanol–water partition coefficient (Wildman–Crippen LogP) is 3.57. The number of hydrogen-bond acceptors (Lipinski definition) is 3. The lowest BCUT2D eigenvalue weighted by atomic mass is 9.93. The van der Waals surface area contributed by atoms with Crippen molar-refractivity contribution >= 4 is 5.91 Å². The molecule has 4 heteroatoms. The maximum atomic E-state index is 12.3. The first kappa shape index (κ1) is 17.5. The second kappa shape index (κ2) is 7.70. The molecule has 1 fully saturated rings. The van der Waals surface area contributed by atoms with Gasteiger partial charge in [0, 0.05) is 37.5 Å². The highest BCUT2D eigenvalue weighted by Crippen LogP contribution is 2.37. The number of amides is 1. The highest BCUT2D eigenvalue weighted by atomic mass is 16.5. The van der Waals surface area contributed by atoms with Crippen LogP contribution in [0.15, 0.2) is 54.6 Å². The van der Waals surface area contributed by atoms with Crippen LogP contribution >= 0.6 is 0 Å². The van der Waals surface area contributed by atoms with Crippen LogP contribution in [0.25, 0.3) is 0 Å². The zero-order valence-corrected chi connectivity index (χ0v) is 15.1. The van der Waals surface area contributed by atoms with Gasteiger partial charge in [0.25, 0.3) is 0 Å². The molecule has 0 spiro atoms. The molecule has 1 N–H and O–H groups in total. The quantitative estimate of drug-likeness (QED) is 0.875. The molecule has 4 nitrogen and oxygen atoms in total. The molecule has 0 unspecified atom stereocenters. The summed E-state index contributed by atoms with van der Waals surface area (Å²) in [7, 11) is 3.60. The molecule has 3 atom stereocenters. The molecular weight excluding hydrogens is 312 g/mol. The fourth-order valence-electron chi connectivity index (χ4n) is 3.74. The lowest BCUT2D eigenvalue weighted by Gasteiger charge is -2.27. The summed E-state index contributed by atoms with van der Waals surface area (Å²) in [6, 6.07) is 18.6. The van der Waals surface area contributed by atoms with Gasteiger partial charge < -0.3 is 15.0 Å². The molecule has 0 radical (unpaired) electrons. The van der Waals surface area contributed by atoms with Crippen LogP contribution in [0.3, 0.4) is 0 Å². The molecule has 25 heavy (non-hydrogen) atoms. The summed E-state index contributed by atoms with van der Waals surface area (Å²) >= 11 is 0. The van der Waals surface area contributed by atoms with E-state index >= 15 is 0 Å². The van der Waals surface area contributed by atoms with Crippen molar-refractivity contribution in [2.75, 3.05) is 20.7 Å². The standard InChI is InChI=1S/C21H26N2O2/c1-15(18-11-7-8-12-19(18)25-3)22-14-17-13-20(24)23(2)21(17)16-9-5-4-6-10-16/h4-12,15,17,21-22H,13-14H2,1-3H3/t15-,17+,21+/m0/s1. The number of carbonyl (C=O) groups excluding carboxylic acids is 1. The average Bonchev–Trinajstić information content (AvgIpc) is 2.94. The molecule has 2 aromatic carbocycles. The fourth-order valence-corrected chi connectivity index (χ4v) is 3.74. The summed E-state index contributed by atoms with van der Waals surface area (Å²) in [4.78, 5) is 14.1. The molecule has 2 aromatic rings. The minimum atomic E-state index is 0.131. The zero-order valence-electron chi connectivity index (χ0n) is 15.1. The van der Waals surface area contributed by atoms with Gasteiger partial charge in [0.1, 0.15) is 5.75 Å². The average molecular weight is 338 g/mol. The number of ether oxygens (including phenoxy) is 1. The van der Waals surface area contributed by atoms with E-state index in [0.717, 1.165) is 17.9 Å². The molecule has 3 rings (SSSR count). The molecule has 1 aliphatic rings. The number of para-hydroxylation sites is 1. The van der Waals surface area contributed by atoms with Crippen molar-refractivity contribution in [1.29, 1.82) is 0 Å². The second-order valence-corrected chi connectivity index (χ2v) is 6.70. The first-order valence-electron chi connectivity index (χ1n) is 8.78. The fraction of sp³-hybridized carbons (Fsp3) is 0.381. The Morgan fingerprint density at radius 2 is 1.84 bits per heavy atom. The number of carbonyl (C=O) groups is 1. The summed E-state index contributed by atoms with van der Waals surface area (Å²) in [6.07, 6.45) is 0.585. The SMILES string of the molecule is COc1ccccc1[C@H](C)NC[C@H]1CC(=O)N(C)[C@@H]1c1ccccc1. The highest BCUT2D eigenvalue weighted by Gasteiger charge is 2.38. The third-order valence-corrected chi connectivity index (χ3v) is 5.13. The Morgan fingerprint density at radius 1 is 1.16 bits per heavy atom. The lowest BCUT2D eigenvalue weighted by molar-refractivity contribution is -0.127. The van der Waals surface area contributed by atoms with Crippen LogP contribution in [0.4, 0.5) is 0 Å². The summed E-state index contributed by atoms with van der Waals surface area (Å²) in [6.45, 7) is 2.92. The van der Waals surface area contributed by atoms with Crippen LogP contribution < -0.4 is 10.1 Å². The van der Waals surface area contributed by atoms with Gasteiger partial charge >= 0.3 is 0 Å². The molecule has 0 bridgehead atoms. The van der Waals surface area contributed by atoms with Gasteiger partial charge in [-0.15, -0.1) is 0 Å². The minimum absolute atomic E-state index is 0.131. The molecule has 1 heterocycles. The van der Waals surface area contributed by atoms with Gasteiger partial charge in [0.2, 0.25) is 5.91 Å². The summed E-state index contributed by atoms with van der Waals surface area (Å²) in [5.74, 6) is 1.37. The van der Waals surface area contributed by atoms with Crippen molar-refractivity contribution in [3.8, 4) is 5.75 Å². The number of nitrogens with one attached hydrogen (secondary N) is 1. The minimum Gasteiger partial charge on any atom is -0.496 e. The van der Waals surface area contributed by atoms with Gasteiger partial charge in [0.05, 0.1) is 13.2 Å². The van der Waals surface area contributed by atoms with Crippen LogP contribution in [-0.4, -0.2) is 31.5 Å². The Kier molecular flexibility index (Phi) is 5.39. The van der Waals surface area contributed by atoms with Crippen LogP contribution in [0.1, 0.15) is 36.6 Å². The van der Waals surface area contributed by atoms with Crippen molar-refractivity contribution in [3.05, 3.63) is 65.7 Å². The van der Waals surface area contributed by atoms with E-state index in [4.69, 9.17) is 4.74 Å². The van der Waals surface area contributed by atoms with E-state index in [1.807, 2.05) is 48.3 Å². The van der Waals surface area contributed by atoms with E-state index in [1.54, 1.807) is 7.11 Å². The maximum Gasteiger partial charge on any atom is 0.223 e. The van der Waals surface area contributed by atoms with Crippen molar-refractivity contribution in [1.82, 2.24) is 10.2 Å². The van der Waals surface area contributed by atoms with E-state index in [-0.39, 0.29) is 23.9 Å². The molecule has 0 saturated carbocycles. The first-order chi connectivity index (χ1) is 12.1. The summed E-state index contributed by atoms with van der Waals surface area (Å²) in [5, 5.41) is 3.60. The molecule has 0 aromatic heterocycles. The normalized spacial score (nSPS) is 21.4. The van der Waals surface area contributed by atoms with Crippen LogP contribution in [0, 0.1) is 5.92 Å². The largest absolute Gasteiger partial charge is 0.496 e. The molecule has 1 saturated heterocycles. The van der Waals surface area contributed by atoms with Gasteiger partial charge in [-0.1, -0.05) is 48.5 Å². The molecule has 1 aliphatic heterocycles. The van der Waals surface area contributed by atoms with Crippen LogP contribution in [0.2, 0.25) is 0 Å². The summed E-state index contributed by atoms with van der Waals surface area (Å²) in [5.41, 5.74) is 2.34. The number of benzene rings is 2. The third kappa shape index (κ3) is 3.69. The van der Waals surface area contributed by atoms with Gasteiger partial charge in [-0.25, -0.2) is 0 Å². The second-order valence-electron chi connectivity index (χ2n) is 6.70. The maximum absolute atomic E-state index is 12.3. The zero-order chi connectivity index (χ0) is 17.8. The third-order valence-electron chi connectivity index (χ3n) is 5.13. The Labute approximate surface area is 149 Å². The Hall–Kier alpha value is -2.33. The van der Waals surface area contributed by atoms with E-state index in [1.165, 1.54) is 5.56 Å². The van der Waals surface area contributed by atoms with E-state index in [2.05, 4.69) is 30.4 Å². The summed E-state index contributed by atoms with van der Waals surface area (Å²) < 4.78 is 5.46. The number of hydrogen-bond donors (Lipinski definition) is 1. The van der Waals surface area contributed by atoms with E-state index in [0.29, 0.717) is 6.42 Å². The topological polar surface area (TPSA) is 41.6 Å². The number of likely N-dealkylation sites (tertiary alicyclic amines) is 1. The van der Waals surface area contributed by atoms with Gasteiger partial charge in [-0.3, -0.25) is 4.79 Å². The van der Waals surface area contributed by atoms with Gasteiger partial charge in [0.15, 0.2) is 0 Å². The van der Waals surface area contributed by atoms with Gasteiger partial charge in [-0.05, 0) is 18.6 Å². The molecule has 132 valence electrons. The Bertz CT molecular complexity index is 717. The van der Waals surface area contributed by atoms with Crippen molar-refractivity contribution in [2.45, 2.75) is 25.4 Å². The van der Waals surface area contributed by atoms with E-state index < -0.39 is 0 Å². The first-order valence-corrected chi connectivity index (χ1v) is 8.78.